The van der Waals surface area contributed by atoms with Crippen molar-refractivity contribution in [3.8, 4) is 0 Å². The summed E-state index contributed by atoms with van der Waals surface area (Å²) in [5.41, 5.74) is -0.0176. The van der Waals surface area contributed by atoms with E-state index in [2.05, 4.69) is 15.1 Å². The Hall–Kier alpha value is -2.94. The number of carbonyl (C=O) groups is 1. The maximum absolute atomic E-state index is 12.9. The standard InChI is InChI=1S/C21H28FN5O3/c1-24-19(15-20(29)25(2)21(24)30)27-13-11-26(12-14-27)10-4-3-5-18(28)23-17-8-6-16(22)7-9-17/h6-9,15H,3-5,10-14H2,1-2H3,(H,23,28). The molecule has 0 bridgehead atoms. The molecule has 0 radical (unpaired) electrons. The smallest absolute Gasteiger partial charge is 0.332 e. The number of rotatable bonds is 7. The summed E-state index contributed by atoms with van der Waals surface area (Å²) in [5.74, 6) is 0.253. The first-order valence-corrected chi connectivity index (χ1v) is 10.1. The highest BCUT2D eigenvalue weighted by atomic mass is 19.1. The molecule has 0 spiro atoms. The number of nitrogens with zero attached hydrogens (tertiary/aromatic N) is 4. The first kappa shape index (κ1) is 21.8. The van der Waals surface area contributed by atoms with Crippen molar-refractivity contribution in [2.75, 3.05) is 42.9 Å². The molecule has 2 aromatic rings. The zero-order valence-corrected chi connectivity index (χ0v) is 17.4. The van der Waals surface area contributed by atoms with E-state index in [-0.39, 0.29) is 23.0 Å². The fourth-order valence-corrected chi connectivity index (χ4v) is 3.60. The molecule has 1 fully saturated rings. The lowest BCUT2D eigenvalue weighted by Gasteiger charge is -2.36. The third-order valence-corrected chi connectivity index (χ3v) is 5.45. The zero-order chi connectivity index (χ0) is 21.7. The van der Waals surface area contributed by atoms with Crippen molar-refractivity contribution in [1.29, 1.82) is 0 Å². The molecule has 8 nitrogen and oxygen atoms in total. The van der Waals surface area contributed by atoms with Crippen molar-refractivity contribution in [3.05, 3.63) is 57.0 Å². The number of carbonyl (C=O) groups excluding carboxylic acids is 1. The van der Waals surface area contributed by atoms with Crippen LogP contribution in [0.5, 0.6) is 0 Å². The Balaban J connectivity index is 1.39. The van der Waals surface area contributed by atoms with E-state index in [4.69, 9.17) is 0 Å². The van der Waals surface area contributed by atoms with Crippen molar-refractivity contribution in [1.82, 2.24) is 14.0 Å². The molecule has 0 atom stereocenters. The lowest BCUT2D eigenvalue weighted by atomic mass is 10.2. The van der Waals surface area contributed by atoms with Crippen molar-refractivity contribution in [2.24, 2.45) is 14.1 Å². The number of hydrogen-bond donors (Lipinski definition) is 1. The van der Waals surface area contributed by atoms with Crippen LogP contribution in [-0.2, 0) is 18.9 Å². The molecule has 30 heavy (non-hydrogen) atoms. The molecular formula is C21H28FN5O3. The summed E-state index contributed by atoms with van der Waals surface area (Å²) in [6, 6.07) is 7.24. The molecule has 3 rings (SSSR count). The van der Waals surface area contributed by atoms with Crippen LogP contribution in [0.15, 0.2) is 39.9 Å². The van der Waals surface area contributed by atoms with E-state index in [1.165, 1.54) is 29.8 Å². The average molecular weight is 417 g/mol. The van der Waals surface area contributed by atoms with Gasteiger partial charge in [0.25, 0.3) is 5.56 Å². The minimum absolute atomic E-state index is 0.0713. The highest BCUT2D eigenvalue weighted by Gasteiger charge is 2.20. The molecule has 1 amide bonds. The quantitative estimate of drug-likeness (QED) is 0.684. The molecule has 0 saturated carbocycles. The van der Waals surface area contributed by atoms with Gasteiger partial charge in [0, 0.05) is 58.4 Å². The van der Waals surface area contributed by atoms with Crippen LogP contribution in [0.4, 0.5) is 15.9 Å². The van der Waals surface area contributed by atoms with E-state index in [9.17, 15) is 18.8 Å². The molecule has 1 saturated heterocycles. The number of piperazine rings is 1. The van der Waals surface area contributed by atoms with Gasteiger partial charge in [0.15, 0.2) is 0 Å². The fourth-order valence-electron chi connectivity index (χ4n) is 3.60. The van der Waals surface area contributed by atoms with Gasteiger partial charge in [-0.05, 0) is 43.7 Å². The second-order valence-corrected chi connectivity index (χ2v) is 7.58. The summed E-state index contributed by atoms with van der Waals surface area (Å²) in [6.07, 6.45) is 2.10. The minimum atomic E-state index is -0.329. The molecule has 162 valence electrons. The molecular weight excluding hydrogens is 389 g/mol. The van der Waals surface area contributed by atoms with Crippen LogP contribution < -0.4 is 21.5 Å². The zero-order valence-electron chi connectivity index (χ0n) is 17.4. The summed E-state index contributed by atoms with van der Waals surface area (Å²) in [5, 5.41) is 2.77. The van der Waals surface area contributed by atoms with E-state index < -0.39 is 0 Å². The predicted molar refractivity (Wildman–Crippen MR) is 114 cm³/mol. The first-order valence-electron chi connectivity index (χ1n) is 10.1. The molecule has 1 aromatic carbocycles. The monoisotopic (exact) mass is 417 g/mol. The molecule has 2 heterocycles. The summed E-state index contributed by atoms with van der Waals surface area (Å²) < 4.78 is 15.5. The topological polar surface area (TPSA) is 79.6 Å². The van der Waals surface area contributed by atoms with Crippen LogP contribution in [0.3, 0.4) is 0 Å². The number of unbranched alkanes of at least 4 members (excludes halogenated alkanes) is 1. The largest absolute Gasteiger partial charge is 0.355 e. The Kier molecular flexibility index (Phi) is 7.04. The molecule has 1 aromatic heterocycles. The molecule has 1 aliphatic rings. The summed E-state index contributed by atoms with van der Waals surface area (Å²) in [4.78, 5) is 40.4. The number of amides is 1. The van der Waals surface area contributed by atoms with Crippen molar-refractivity contribution < 1.29 is 9.18 Å². The Morgan fingerprint density at radius 3 is 2.33 bits per heavy atom. The Bertz CT molecular complexity index is 991. The van der Waals surface area contributed by atoms with Gasteiger partial charge in [-0.15, -0.1) is 0 Å². The lowest BCUT2D eigenvalue weighted by molar-refractivity contribution is -0.116. The van der Waals surface area contributed by atoms with Gasteiger partial charge in [-0.1, -0.05) is 0 Å². The third-order valence-electron chi connectivity index (χ3n) is 5.45. The maximum Gasteiger partial charge on any atom is 0.332 e. The van der Waals surface area contributed by atoms with Crippen molar-refractivity contribution in [2.45, 2.75) is 19.3 Å². The van der Waals surface area contributed by atoms with E-state index in [1.54, 1.807) is 19.2 Å². The maximum atomic E-state index is 12.9. The Morgan fingerprint density at radius 2 is 1.67 bits per heavy atom. The second kappa shape index (κ2) is 9.71. The van der Waals surface area contributed by atoms with Gasteiger partial charge in [-0.2, -0.15) is 0 Å². The molecule has 1 N–H and O–H groups in total. The number of aromatic nitrogens is 2. The lowest BCUT2D eigenvalue weighted by Crippen LogP contribution is -2.49. The number of benzene rings is 1. The van der Waals surface area contributed by atoms with E-state index in [1.807, 2.05) is 0 Å². The highest BCUT2D eigenvalue weighted by Crippen LogP contribution is 2.13. The molecule has 1 aliphatic heterocycles. The van der Waals surface area contributed by atoms with Gasteiger partial charge in [0.2, 0.25) is 5.91 Å². The van der Waals surface area contributed by atoms with Crippen LogP contribution in [0.2, 0.25) is 0 Å². The third kappa shape index (κ3) is 5.35. The van der Waals surface area contributed by atoms with E-state index in [0.29, 0.717) is 17.9 Å². The Morgan fingerprint density at radius 1 is 1.00 bits per heavy atom. The number of halogens is 1. The second-order valence-electron chi connectivity index (χ2n) is 7.58. The summed E-state index contributed by atoms with van der Waals surface area (Å²) in [7, 11) is 3.16. The number of hydrogen-bond acceptors (Lipinski definition) is 5. The fraction of sp³-hybridized carbons (Fsp3) is 0.476. The minimum Gasteiger partial charge on any atom is -0.355 e. The SMILES string of the molecule is Cn1c(N2CCN(CCCCC(=O)Nc3ccc(F)cc3)CC2)cc(=O)n(C)c1=O. The van der Waals surface area contributed by atoms with Gasteiger partial charge >= 0.3 is 5.69 Å². The van der Waals surface area contributed by atoms with Gasteiger partial charge in [0.05, 0.1) is 0 Å². The first-order chi connectivity index (χ1) is 14.3. The summed E-state index contributed by atoms with van der Waals surface area (Å²) in [6.45, 7) is 4.06. The van der Waals surface area contributed by atoms with Crippen molar-refractivity contribution >= 4 is 17.4 Å². The molecule has 9 heteroatoms. The van der Waals surface area contributed by atoms with Gasteiger partial charge in [-0.3, -0.25) is 23.6 Å². The number of anilines is 2. The van der Waals surface area contributed by atoms with Crippen LogP contribution in [0.1, 0.15) is 19.3 Å². The van der Waals surface area contributed by atoms with Crippen molar-refractivity contribution in [3.63, 3.8) is 0 Å². The predicted octanol–water partition coefficient (Wildman–Crippen LogP) is 1.15. The molecule has 0 aliphatic carbocycles. The Labute approximate surface area is 174 Å². The van der Waals surface area contributed by atoms with Crippen LogP contribution in [0.25, 0.3) is 0 Å². The van der Waals surface area contributed by atoms with Gasteiger partial charge in [-0.25, -0.2) is 9.18 Å². The van der Waals surface area contributed by atoms with E-state index >= 15 is 0 Å². The highest BCUT2D eigenvalue weighted by molar-refractivity contribution is 5.90. The van der Waals surface area contributed by atoms with Crippen LogP contribution >= 0.6 is 0 Å². The van der Waals surface area contributed by atoms with Gasteiger partial charge < -0.3 is 10.2 Å². The normalized spacial score (nSPS) is 14.7. The van der Waals surface area contributed by atoms with E-state index in [0.717, 1.165) is 50.1 Å². The van der Waals surface area contributed by atoms with Gasteiger partial charge in [0.1, 0.15) is 11.6 Å². The average Bonchev–Trinajstić information content (AvgIpc) is 2.74. The number of nitrogens with one attached hydrogen (secondary N) is 1. The van der Waals surface area contributed by atoms with Crippen LogP contribution in [0, 0.1) is 5.82 Å². The molecule has 0 unspecified atom stereocenters. The van der Waals surface area contributed by atoms with Crippen LogP contribution in [-0.4, -0.2) is 52.7 Å². The summed E-state index contributed by atoms with van der Waals surface area (Å²) >= 11 is 0.